The summed E-state index contributed by atoms with van der Waals surface area (Å²) in [6, 6.07) is 0. The first-order valence-corrected chi connectivity index (χ1v) is 4.44. The highest BCUT2D eigenvalue weighted by molar-refractivity contribution is 7.05. The highest BCUT2D eigenvalue weighted by atomic mass is 32.1. The molecule has 0 saturated heterocycles. The Morgan fingerprint density at radius 2 is 2.10 bits per heavy atom. The molecular formula is C8H13NS. The highest BCUT2D eigenvalue weighted by Gasteiger charge is 2.03. The molecule has 2 heteroatoms. The Hall–Kier alpha value is -0.370. The molecule has 1 rings (SSSR count). The van der Waals surface area contributed by atoms with Crippen LogP contribution >= 0.6 is 11.5 Å². The zero-order chi connectivity index (χ0) is 7.56. The summed E-state index contributed by atoms with van der Waals surface area (Å²) in [7, 11) is 0. The minimum Gasteiger partial charge on any atom is -0.197 e. The van der Waals surface area contributed by atoms with Gasteiger partial charge in [-0.3, -0.25) is 0 Å². The van der Waals surface area contributed by atoms with Gasteiger partial charge in [-0.25, -0.2) is 0 Å². The van der Waals surface area contributed by atoms with E-state index in [0.717, 1.165) is 0 Å². The SMILES string of the molecule is CCCc1c(C)nsc1C. The zero-order valence-electron chi connectivity index (χ0n) is 6.77. The van der Waals surface area contributed by atoms with Crippen molar-refractivity contribution in [3.8, 4) is 0 Å². The number of aryl methyl sites for hydroxylation is 2. The lowest BCUT2D eigenvalue weighted by molar-refractivity contribution is 0.906. The van der Waals surface area contributed by atoms with Crippen LogP contribution in [0.4, 0.5) is 0 Å². The molecule has 0 N–H and O–H groups in total. The zero-order valence-corrected chi connectivity index (χ0v) is 7.59. The molecule has 0 fully saturated rings. The third kappa shape index (κ3) is 1.37. The summed E-state index contributed by atoms with van der Waals surface area (Å²) in [5.41, 5.74) is 2.69. The van der Waals surface area contributed by atoms with Gasteiger partial charge in [0.15, 0.2) is 0 Å². The predicted molar refractivity (Wildman–Crippen MR) is 45.6 cm³/mol. The topological polar surface area (TPSA) is 12.9 Å². The van der Waals surface area contributed by atoms with E-state index in [0.29, 0.717) is 0 Å². The molecule has 1 aromatic heterocycles. The van der Waals surface area contributed by atoms with Gasteiger partial charge in [0.25, 0.3) is 0 Å². The molecule has 0 aliphatic heterocycles. The minimum atomic E-state index is 1.19. The minimum absolute atomic E-state index is 1.19. The van der Waals surface area contributed by atoms with Gasteiger partial charge in [0.05, 0.1) is 5.69 Å². The van der Waals surface area contributed by atoms with Gasteiger partial charge in [-0.05, 0) is 37.4 Å². The third-order valence-corrected chi connectivity index (χ3v) is 2.57. The van der Waals surface area contributed by atoms with E-state index < -0.39 is 0 Å². The van der Waals surface area contributed by atoms with Crippen LogP contribution in [0.1, 0.15) is 29.5 Å². The molecule has 0 bridgehead atoms. The molecule has 0 aliphatic carbocycles. The second kappa shape index (κ2) is 3.15. The molecule has 0 radical (unpaired) electrons. The van der Waals surface area contributed by atoms with Crippen LogP contribution in [-0.4, -0.2) is 4.37 Å². The van der Waals surface area contributed by atoms with Gasteiger partial charge in [-0.2, -0.15) is 4.37 Å². The van der Waals surface area contributed by atoms with Gasteiger partial charge < -0.3 is 0 Å². The van der Waals surface area contributed by atoms with Gasteiger partial charge in [0.1, 0.15) is 0 Å². The lowest BCUT2D eigenvalue weighted by Gasteiger charge is -1.95. The van der Waals surface area contributed by atoms with Crippen LogP contribution in [-0.2, 0) is 6.42 Å². The predicted octanol–water partition coefficient (Wildman–Crippen LogP) is 2.71. The largest absolute Gasteiger partial charge is 0.197 e. The van der Waals surface area contributed by atoms with Crippen molar-refractivity contribution in [3.63, 3.8) is 0 Å². The Morgan fingerprint density at radius 1 is 1.40 bits per heavy atom. The van der Waals surface area contributed by atoms with E-state index in [1.165, 1.54) is 29.0 Å². The van der Waals surface area contributed by atoms with E-state index in [4.69, 9.17) is 0 Å². The second-order valence-corrected chi connectivity index (χ2v) is 3.53. The highest BCUT2D eigenvalue weighted by Crippen LogP contribution is 2.18. The normalized spacial score (nSPS) is 10.3. The van der Waals surface area contributed by atoms with Crippen LogP contribution in [0.5, 0.6) is 0 Å². The van der Waals surface area contributed by atoms with E-state index in [-0.39, 0.29) is 0 Å². The van der Waals surface area contributed by atoms with E-state index >= 15 is 0 Å². The number of rotatable bonds is 2. The molecule has 0 unspecified atom stereocenters. The summed E-state index contributed by atoms with van der Waals surface area (Å²) in [6.07, 6.45) is 2.41. The Balaban J connectivity index is 2.87. The first-order chi connectivity index (χ1) is 4.75. The molecule has 0 aromatic carbocycles. The maximum Gasteiger partial charge on any atom is 0.0545 e. The average molecular weight is 155 g/mol. The van der Waals surface area contributed by atoms with Crippen LogP contribution in [0, 0.1) is 13.8 Å². The smallest absolute Gasteiger partial charge is 0.0545 e. The summed E-state index contributed by atoms with van der Waals surface area (Å²) in [6.45, 7) is 6.45. The Labute approximate surface area is 66.3 Å². The van der Waals surface area contributed by atoms with Crippen molar-refractivity contribution in [1.82, 2.24) is 4.37 Å². The number of hydrogen-bond donors (Lipinski definition) is 0. The Bertz CT molecular complexity index is 196. The molecule has 1 heterocycles. The van der Waals surface area contributed by atoms with Crippen LogP contribution in [0.25, 0.3) is 0 Å². The molecular weight excluding hydrogens is 142 g/mol. The van der Waals surface area contributed by atoms with Crippen LogP contribution in [0.3, 0.4) is 0 Å². The fraction of sp³-hybridized carbons (Fsp3) is 0.625. The summed E-state index contributed by atoms with van der Waals surface area (Å²) < 4.78 is 4.28. The van der Waals surface area contributed by atoms with Crippen LogP contribution in [0.15, 0.2) is 0 Å². The maximum atomic E-state index is 4.28. The third-order valence-electron chi connectivity index (χ3n) is 1.68. The average Bonchev–Trinajstić information content (AvgIpc) is 2.20. The first kappa shape index (κ1) is 7.73. The fourth-order valence-electron chi connectivity index (χ4n) is 1.11. The van der Waals surface area contributed by atoms with Crippen molar-refractivity contribution in [2.24, 2.45) is 0 Å². The van der Waals surface area contributed by atoms with Crippen molar-refractivity contribution in [2.75, 3.05) is 0 Å². The molecule has 1 aromatic rings. The molecule has 0 spiro atoms. The van der Waals surface area contributed by atoms with Gasteiger partial charge in [0, 0.05) is 4.88 Å². The van der Waals surface area contributed by atoms with E-state index in [2.05, 4.69) is 25.1 Å². The summed E-state index contributed by atoms with van der Waals surface area (Å²) >= 11 is 1.62. The van der Waals surface area contributed by atoms with E-state index in [1.54, 1.807) is 11.5 Å². The van der Waals surface area contributed by atoms with Gasteiger partial charge in [0.2, 0.25) is 0 Å². The van der Waals surface area contributed by atoms with Gasteiger partial charge >= 0.3 is 0 Å². The standard InChI is InChI=1S/C8H13NS/c1-4-5-8-6(2)9-10-7(8)3/h4-5H2,1-3H3. The molecule has 0 atom stereocenters. The lowest BCUT2D eigenvalue weighted by Crippen LogP contribution is -1.85. The van der Waals surface area contributed by atoms with Crippen molar-refractivity contribution in [2.45, 2.75) is 33.6 Å². The van der Waals surface area contributed by atoms with Gasteiger partial charge in [-0.15, -0.1) is 0 Å². The number of hydrogen-bond acceptors (Lipinski definition) is 2. The number of nitrogens with zero attached hydrogens (tertiary/aromatic N) is 1. The second-order valence-electron chi connectivity index (χ2n) is 2.55. The monoisotopic (exact) mass is 155 g/mol. The quantitative estimate of drug-likeness (QED) is 0.640. The summed E-state index contributed by atoms with van der Waals surface area (Å²) in [5, 5.41) is 0. The number of aromatic nitrogens is 1. The van der Waals surface area contributed by atoms with Crippen molar-refractivity contribution in [3.05, 3.63) is 16.1 Å². The summed E-state index contributed by atoms with van der Waals surface area (Å²) in [5.74, 6) is 0. The lowest BCUT2D eigenvalue weighted by atomic mass is 10.1. The fourth-order valence-corrected chi connectivity index (χ4v) is 1.85. The van der Waals surface area contributed by atoms with E-state index in [9.17, 15) is 0 Å². The maximum absolute atomic E-state index is 4.28. The molecule has 10 heavy (non-hydrogen) atoms. The van der Waals surface area contributed by atoms with E-state index in [1.807, 2.05) is 0 Å². The molecule has 56 valence electrons. The Morgan fingerprint density at radius 3 is 2.50 bits per heavy atom. The first-order valence-electron chi connectivity index (χ1n) is 3.67. The van der Waals surface area contributed by atoms with Crippen molar-refractivity contribution >= 4 is 11.5 Å². The molecule has 0 amide bonds. The van der Waals surface area contributed by atoms with Crippen molar-refractivity contribution in [1.29, 1.82) is 0 Å². The van der Waals surface area contributed by atoms with Crippen LogP contribution < -0.4 is 0 Å². The Kier molecular flexibility index (Phi) is 2.44. The molecule has 0 aliphatic rings. The summed E-state index contributed by atoms with van der Waals surface area (Å²) in [4.78, 5) is 1.39. The van der Waals surface area contributed by atoms with Crippen LogP contribution in [0.2, 0.25) is 0 Å². The van der Waals surface area contributed by atoms with Gasteiger partial charge in [-0.1, -0.05) is 13.3 Å². The molecule has 1 nitrogen and oxygen atoms in total. The molecule has 0 saturated carbocycles. The van der Waals surface area contributed by atoms with Crippen molar-refractivity contribution < 1.29 is 0 Å².